The van der Waals surface area contributed by atoms with Gasteiger partial charge in [0.15, 0.2) is 16.7 Å². The molecule has 1 heterocycles. The van der Waals surface area contributed by atoms with Crippen LogP contribution in [0.2, 0.25) is 0 Å². The molecule has 0 atom stereocenters. The van der Waals surface area contributed by atoms with E-state index in [4.69, 9.17) is 14.2 Å². The van der Waals surface area contributed by atoms with Crippen LogP contribution in [-0.4, -0.2) is 49.6 Å². The SMILES string of the molecule is COc1cc(/C=C/C(=O)N2CCSC2=Nc2ccccc2C)cc(OC)c1OC. The van der Waals surface area contributed by atoms with Gasteiger partial charge >= 0.3 is 0 Å². The molecule has 0 unspecified atom stereocenters. The zero-order valence-electron chi connectivity index (χ0n) is 17.0. The number of amides is 1. The molecule has 0 bridgehead atoms. The fourth-order valence-electron chi connectivity index (χ4n) is 2.95. The Labute approximate surface area is 175 Å². The fourth-order valence-corrected chi connectivity index (χ4v) is 3.90. The average Bonchev–Trinajstić information content (AvgIpc) is 3.21. The summed E-state index contributed by atoms with van der Waals surface area (Å²) in [4.78, 5) is 19.2. The maximum absolute atomic E-state index is 12.8. The highest BCUT2D eigenvalue weighted by Gasteiger charge is 2.24. The van der Waals surface area contributed by atoms with E-state index in [-0.39, 0.29) is 5.91 Å². The van der Waals surface area contributed by atoms with Gasteiger partial charge in [-0.25, -0.2) is 4.99 Å². The van der Waals surface area contributed by atoms with Gasteiger partial charge in [-0.15, -0.1) is 0 Å². The van der Waals surface area contributed by atoms with Crippen LogP contribution in [0.3, 0.4) is 0 Å². The van der Waals surface area contributed by atoms with Crippen molar-refractivity contribution >= 4 is 34.6 Å². The molecule has 3 rings (SSSR count). The largest absolute Gasteiger partial charge is 0.493 e. The number of carbonyl (C=O) groups is 1. The summed E-state index contributed by atoms with van der Waals surface area (Å²) in [6.07, 6.45) is 3.28. The van der Waals surface area contributed by atoms with E-state index in [1.54, 1.807) is 62.3 Å². The first-order valence-corrected chi connectivity index (χ1v) is 10.1. The molecule has 0 aliphatic carbocycles. The van der Waals surface area contributed by atoms with Crippen molar-refractivity contribution in [3.8, 4) is 17.2 Å². The smallest absolute Gasteiger partial charge is 0.252 e. The number of benzene rings is 2. The number of aliphatic imine (C=N–C) groups is 1. The molecule has 7 heteroatoms. The highest BCUT2D eigenvalue weighted by Crippen LogP contribution is 2.38. The summed E-state index contributed by atoms with van der Waals surface area (Å²) in [5, 5.41) is 0.721. The number of thioether (sulfide) groups is 1. The summed E-state index contributed by atoms with van der Waals surface area (Å²) in [5.41, 5.74) is 2.73. The summed E-state index contributed by atoms with van der Waals surface area (Å²) in [5.74, 6) is 2.31. The van der Waals surface area contributed by atoms with Crippen molar-refractivity contribution in [2.75, 3.05) is 33.6 Å². The molecule has 0 aromatic heterocycles. The van der Waals surface area contributed by atoms with E-state index in [9.17, 15) is 4.79 Å². The van der Waals surface area contributed by atoms with Crippen molar-refractivity contribution < 1.29 is 19.0 Å². The number of aryl methyl sites for hydroxylation is 1. The van der Waals surface area contributed by atoms with Crippen LogP contribution in [0, 0.1) is 6.92 Å². The number of rotatable bonds is 6. The molecule has 6 nitrogen and oxygen atoms in total. The van der Waals surface area contributed by atoms with Gasteiger partial charge in [-0.3, -0.25) is 9.69 Å². The van der Waals surface area contributed by atoms with Crippen molar-refractivity contribution in [1.29, 1.82) is 0 Å². The molecular formula is C22H24N2O4S. The first kappa shape index (κ1) is 20.8. The number of carbonyl (C=O) groups excluding carboxylic acids is 1. The minimum absolute atomic E-state index is 0.115. The molecule has 152 valence electrons. The zero-order valence-corrected chi connectivity index (χ0v) is 17.8. The Hall–Kier alpha value is -2.93. The van der Waals surface area contributed by atoms with Crippen LogP contribution in [0.15, 0.2) is 47.5 Å². The van der Waals surface area contributed by atoms with Crippen LogP contribution in [-0.2, 0) is 4.79 Å². The summed E-state index contributed by atoms with van der Waals surface area (Å²) >= 11 is 1.59. The van der Waals surface area contributed by atoms with E-state index >= 15 is 0 Å². The molecule has 1 amide bonds. The quantitative estimate of drug-likeness (QED) is 0.662. The maximum Gasteiger partial charge on any atom is 0.252 e. The van der Waals surface area contributed by atoms with E-state index in [0.29, 0.717) is 23.8 Å². The monoisotopic (exact) mass is 412 g/mol. The third-order valence-electron chi connectivity index (χ3n) is 4.48. The zero-order chi connectivity index (χ0) is 20.8. The van der Waals surface area contributed by atoms with Crippen LogP contribution in [0.4, 0.5) is 5.69 Å². The van der Waals surface area contributed by atoms with Gasteiger partial charge in [-0.2, -0.15) is 0 Å². The highest BCUT2D eigenvalue weighted by atomic mass is 32.2. The molecule has 1 aliphatic rings. The van der Waals surface area contributed by atoms with Gasteiger partial charge in [0, 0.05) is 18.4 Å². The second-order valence-electron chi connectivity index (χ2n) is 6.31. The van der Waals surface area contributed by atoms with Gasteiger partial charge in [0.2, 0.25) is 5.75 Å². The average molecular weight is 413 g/mol. The van der Waals surface area contributed by atoms with Crippen molar-refractivity contribution in [2.24, 2.45) is 4.99 Å². The molecule has 1 aliphatic heterocycles. The second kappa shape index (κ2) is 9.52. The minimum atomic E-state index is -0.115. The number of ether oxygens (including phenoxy) is 3. The van der Waals surface area contributed by atoms with Crippen LogP contribution in [0.25, 0.3) is 6.08 Å². The second-order valence-corrected chi connectivity index (χ2v) is 7.37. The molecule has 0 spiro atoms. The first-order chi connectivity index (χ1) is 14.1. The van der Waals surface area contributed by atoms with Crippen molar-refractivity contribution in [3.05, 3.63) is 53.6 Å². The third-order valence-corrected chi connectivity index (χ3v) is 5.44. The minimum Gasteiger partial charge on any atom is -0.493 e. The summed E-state index contributed by atoms with van der Waals surface area (Å²) in [6.45, 7) is 2.64. The van der Waals surface area contributed by atoms with Gasteiger partial charge in [-0.05, 0) is 42.3 Å². The Morgan fingerprint density at radius 2 is 1.79 bits per heavy atom. The highest BCUT2D eigenvalue weighted by molar-refractivity contribution is 8.14. The molecule has 29 heavy (non-hydrogen) atoms. The molecule has 0 saturated carbocycles. The number of para-hydroxylation sites is 1. The van der Waals surface area contributed by atoms with Crippen LogP contribution in [0.5, 0.6) is 17.2 Å². The summed E-state index contributed by atoms with van der Waals surface area (Å²) in [6, 6.07) is 11.5. The van der Waals surface area contributed by atoms with Crippen LogP contribution < -0.4 is 14.2 Å². The summed E-state index contributed by atoms with van der Waals surface area (Å²) < 4.78 is 16.1. The van der Waals surface area contributed by atoms with E-state index in [1.807, 2.05) is 31.2 Å². The van der Waals surface area contributed by atoms with Crippen LogP contribution in [0.1, 0.15) is 11.1 Å². The Morgan fingerprint density at radius 3 is 2.41 bits per heavy atom. The van der Waals surface area contributed by atoms with E-state index < -0.39 is 0 Å². The number of methoxy groups -OCH3 is 3. The Balaban J connectivity index is 1.82. The standard InChI is InChI=1S/C22H24N2O4S/c1-15-7-5-6-8-17(15)23-22-24(11-12-29-22)20(25)10-9-16-13-18(26-2)21(28-4)19(14-16)27-3/h5-10,13-14H,11-12H2,1-4H3/b10-9+,23-22?. The van der Waals surface area contributed by atoms with Crippen molar-refractivity contribution in [2.45, 2.75) is 6.92 Å². The molecule has 2 aromatic carbocycles. The number of nitrogens with zero attached hydrogens (tertiary/aromatic N) is 2. The Bertz CT molecular complexity index is 931. The Kier molecular flexibility index (Phi) is 6.82. The lowest BCUT2D eigenvalue weighted by Gasteiger charge is -2.14. The third kappa shape index (κ3) is 4.74. The van der Waals surface area contributed by atoms with Gasteiger partial charge in [0.1, 0.15) is 0 Å². The van der Waals surface area contributed by atoms with Crippen molar-refractivity contribution in [1.82, 2.24) is 4.90 Å². The normalized spacial score (nSPS) is 15.2. The van der Waals surface area contributed by atoms with E-state index in [1.165, 1.54) is 0 Å². The molecule has 1 fully saturated rings. The number of amidine groups is 1. The Morgan fingerprint density at radius 1 is 1.10 bits per heavy atom. The van der Waals surface area contributed by atoms with Crippen LogP contribution >= 0.6 is 11.8 Å². The summed E-state index contributed by atoms with van der Waals surface area (Å²) in [7, 11) is 4.68. The molecule has 0 radical (unpaired) electrons. The van der Waals surface area contributed by atoms with Gasteiger partial charge in [0.05, 0.1) is 27.0 Å². The molecule has 0 N–H and O–H groups in total. The first-order valence-electron chi connectivity index (χ1n) is 9.14. The van der Waals surface area contributed by atoms with Gasteiger partial charge in [0.25, 0.3) is 5.91 Å². The van der Waals surface area contributed by atoms with Gasteiger partial charge in [-0.1, -0.05) is 30.0 Å². The van der Waals surface area contributed by atoms with Gasteiger partial charge < -0.3 is 14.2 Å². The molecule has 1 saturated heterocycles. The van der Waals surface area contributed by atoms with E-state index in [0.717, 1.165) is 27.7 Å². The number of hydrogen-bond donors (Lipinski definition) is 0. The van der Waals surface area contributed by atoms with E-state index in [2.05, 4.69) is 4.99 Å². The predicted octanol–water partition coefficient (Wildman–Crippen LogP) is 4.30. The predicted molar refractivity (Wildman–Crippen MR) is 118 cm³/mol. The molecule has 2 aromatic rings. The molecular weight excluding hydrogens is 388 g/mol. The lowest BCUT2D eigenvalue weighted by molar-refractivity contribution is -0.121. The maximum atomic E-state index is 12.8. The van der Waals surface area contributed by atoms with Crippen molar-refractivity contribution in [3.63, 3.8) is 0 Å². The lowest BCUT2D eigenvalue weighted by atomic mass is 10.1. The fraction of sp³-hybridized carbons (Fsp3) is 0.273. The number of hydrogen-bond acceptors (Lipinski definition) is 6. The lowest BCUT2D eigenvalue weighted by Crippen LogP contribution is -2.30. The topological polar surface area (TPSA) is 60.4 Å².